The Morgan fingerprint density at radius 3 is 2.93 bits per heavy atom. The van der Waals surface area contributed by atoms with Crippen LogP contribution in [0.2, 0.25) is 0 Å². The van der Waals surface area contributed by atoms with Crippen molar-refractivity contribution < 1.29 is 9.90 Å². The van der Waals surface area contributed by atoms with Crippen molar-refractivity contribution in [3.63, 3.8) is 0 Å². The number of carbonyl (C=O) groups is 1. The van der Waals surface area contributed by atoms with Crippen molar-refractivity contribution in [1.82, 2.24) is 14.6 Å². The minimum Gasteiger partial charge on any atom is -0.476 e. The number of rotatable bonds is 1. The number of anilines is 1. The molecule has 3 N–H and O–H groups in total. The van der Waals surface area contributed by atoms with E-state index in [-0.39, 0.29) is 5.69 Å². The van der Waals surface area contributed by atoms with E-state index in [4.69, 9.17) is 10.8 Å². The summed E-state index contributed by atoms with van der Waals surface area (Å²) in [4.78, 5) is 14.9. The highest BCUT2D eigenvalue weighted by Gasteiger charge is 2.14. The normalized spacial score (nSPS) is 10.6. The van der Waals surface area contributed by atoms with Crippen LogP contribution in [0.3, 0.4) is 0 Å². The molecule has 0 amide bonds. The van der Waals surface area contributed by atoms with Crippen molar-refractivity contribution in [2.75, 3.05) is 5.73 Å². The summed E-state index contributed by atoms with van der Waals surface area (Å²) >= 11 is 0. The fraction of sp³-hybridized carbons (Fsp3) is 0.125. The van der Waals surface area contributed by atoms with Crippen molar-refractivity contribution in [3.8, 4) is 0 Å². The molecule has 6 heteroatoms. The molecule has 0 aromatic carbocycles. The maximum absolute atomic E-state index is 10.9. The van der Waals surface area contributed by atoms with Gasteiger partial charge in [-0.2, -0.15) is 5.10 Å². The number of carboxylic acid groups (broad SMARTS) is 1. The third-order valence-electron chi connectivity index (χ3n) is 1.94. The molecule has 0 aliphatic heterocycles. The average molecular weight is 192 g/mol. The van der Waals surface area contributed by atoms with Crippen molar-refractivity contribution in [3.05, 3.63) is 23.7 Å². The number of nitrogens with two attached hydrogens (primary N) is 1. The van der Waals surface area contributed by atoms with E-state index in [9.17, 15) is 4.79 Å². The molecule has 2 rings (SSSR count). The molecule has 72 valence electrons. The van der Waals surface area contributed by atoms with Crippen molar-refractivity contribution in [1.29, 1.82) is 0 Å². The van der Waals surface area contributed by atoms with Gasteiger partial charge in [0.2, 0.25) is 0 Å². The van der Waals surface area contributed by atoms with E-state index in [2.05, 4.69) is 10.1 Å². The number of fused-ring (bicyclic) bond motifs is 1. The van der Waals surface area contributed by atoms with E-state index in [0.29, 0.717) is 16.9 Å². The zero-order valence-electron chi connectivity index (χ0n) is 7.43. The summed E-state index contributed by atoms with van der Waals surface area (Å²) in [6.07, 6.45) is 2.85. The van der Waals surface area contributed by atoms with Crippen molar-refractivity contribution >= 4 is 17.3 Å². The molecule has 0 spiro atoms. The van der Waals surface area contributed by atoms with Gasteiger partial charge < -0.3 is 10.8 Å². The average Bonchev–Trinajstić information content (AvgIpc) is 2.47. The molecule has 0 bridgehead atoms. The maximum atomic E-state index is 10.9. The minimum absolute atomic E-state index is 0.0895. The lowest BCUT2D eigenvalue weighted by Crippen LogP contribution is -2.10. The van der Waals surface area contributed by atoms with Crippen LogP contribution in [0.5, 0.6) is 0 Å². The van der Waals surface area contributed by atoms with Crippen LogP contribution in [0.15, 0.2) is 12.4 Å². The number of carboxylic acids is 1. The van der Waals surface area contributed by atoms with Crippen LogP contribution in [-0.4, -0.2) is 25.7 Å². The van der Waals surface area contributed by atoms with Gasteiger partial charge in [-0.3, -0.25) is 0 Å². The Kier molecular flexibility index (Phi) is 1.63. The molecule has 0 unspecified atom stereocenters. The van der Waals surface area contributed by atoms with Crippen LogP contribution in [-0.2, 0) is 0 Å². The first-order valence-electron chi connectivity index (χ1n) is 3.93. The van der Waals surface area contributed by atoms with Crippen LogP contribution in [0.25, 0.3) is 5.65 Å². The molecule has 0 fully saturated rings. The molecule has 2 aromatic heterocycles. The van der Waals surface area contributed by atoms with Crippen molar-refractivity contribution in [2.24, 2.45) is 0 Å². The molecule has 0 radical (unpaired) electrons. The van der Waals surface area contributed by atoms with E-state index < -0.39 is 5.97 Å². The van der Waals surface area contributed by atoms with Crippen LogP contribution >= 0.6 is 0 Å². The molecule has 0 aliphatic rings. The van der Waals surface area contributed by atoms with Gasteiger partial charge >= 0.3 is 5.97 Å². The predicted molar refractivity (Wildman–Crippen MR) is 49.1 cm³/mol. The predicted octanol–water partition coefficient (Wildman–Crippen LogP) is 0.318. The van der Waals surface area contributed by atoms with Crippen LogP contribution < -0.4 is 5.73 Å². The van der Waals surface area contributed by atoms with Gasteiger partial charge in [0.1, 0.15) is 0 Å². The fourth-order valence-corrected chi connectivity index (χ4v) is 1.29. The highest BCUT2D eigenvalue weighted by Crippen LogP contribution is 2.14. The summed E-state index contributed by atoms with van der Waals surface area (Å²) in [5.41, 5.74) is 6.93. The third kappa shape index (κ3) is 1.00. The van der Waals surface area contributed by atoms with Crippen LogP contribution in [0, 0.1) is 6.92 Å². The Morgan fingerprint density at radius 2 is 2.29 bits per heavy atom. The second-order valence-electron chi connectivity index (χ2n) is 2.93. The smallest absolute Gasteiger partial charge is 0.354 e. The van der Waals surface area contributed by atoms with Gasteiger partial charge in [0.05, 0.1) is 11.9 Å². The SMILES string of the molecule is Cc1cnc2c(N)cnn2c1C(=O)O. The van der Waals surface area contributed by atoms with Crippen LogP contribution in [0.4, 0.5) is 5.69 Å². The van der Waals surface area contributed by atoms with E-state index in [1.54, 1.807) is 6.92 Å². The van der Waals surface area contributed by atoms with Gasteiger partial charge in [0.15, 0.2) is 11.3 Å². The number of aryl methyl sites for hydroxylation is 1. The van der Waals surface area contributed by atoms with E-state index in [0.717, 1.165) is 0 Å². The molecule has 14 heavy (non-hydrogen) atoms. The first-order chi connectivity index (χ1) is 6.61. The molecular weight excluding hydrogens is 184 g/mol. The molecule has 2 aromatic rings. The van der Waals surface area contributed by atoms with Gasteiger partial charge in [-0.05, 0) is 6.92 Å². The number of hydrogen-bond donors (Lipinski definition) is 2. The summed E-state index contributed by atoms with van der Waals surface area (Å²) in [7, 11) is 0. The highest BCUT2D eigenvalue weighted by molar-refractivity contribution is 5.88. The lowest BCUT2D eigenvalue weighted by molar-refractivity contribution is 0.0686. The highest BCUT2D eigenvalue weighted by atomic mass is 16.4. The Bertz CT molecular complexity index is 517. The van der Waals surface area contributed by atoms with E-state index in [1.165, 1.54) is 16.9 Å². The van der Waals surface area contributed by atoms with Gasteiger partial charge in [0.25, 0.3) is 0 Å². The summed E-state index contributed by atoms with van der Waals surface area (Å²) in [6, 6.07) is 0. The van der Waals surface area contributed by atoms with Crippen molar-refractivity contribution in [2.45, 2.75) is 6.92 Å². The molecule has 2 heterocycles. The standard InChI is InChI=1S/C8H8N4O2/c1-4-2-10-7-5(9)3-11-12(7)6(4)8(13)14/h2-3H,9H2,1H3,(H,13,14). The summed E-state index contributed by atoms with van der Waals surface area (Å²) in [5.74, 6) is -1.04. The summed E-state index contributed by atoms with van der Waals surface area (Å²) < 4.78 is 1.23. The second-order valence-corrected chi connectivity index (χ2v) is 2.93. The molecule has 0 atom stereocenters. The quantitative estimate of drug-likeness (QED) is 0.678. The number of nitrogen functional groups attached to an aromatic ring is 1. The fourth-order valence-electron chi connectivity index (χ4n) is 1.29. The molecule has 0 saturated heterocycles. The maximum Gasteiger partial charge on any atom is 0.354 e. The molecule has 6 nitrogen and oxygen atoms in total. The Balaban J connectivity index is 2.90. The number of hydrogen-bond acceptors (Lipinski definition) is 4. The van der Waals surface area contributed by atoms with Gasteiger partial charge in [0, 0.05) is 11.8 Å². The number of aromatic carboxylic acids is 1. The topological polar surface area (TPSA) is 93.5 Å². The second kappa shape index (κ2) is 2.69. The molecular formula is C8H8N4O2. The summed E-state index contributed by atoms with van der Waals surface area (Å²) in [5, 5.41) is 12.8. The zero-order chi connectivity index (χ0) is 10.3. The molecule has 0 aliphatic carbocycles. The number of nitrogens with zero attached hydrogens (tertiary/aromatic N) is 3. The Labute approximate surface area is 79.0 Å². The zero-order valence-corrected chi connectivity index (χ0v) is 7.43. The monoisotopic (exact) mass is 192 g/mol. The number of aromatic nitrogens is 3. The lowest BCUT2D eigenvalue weighted by atomic mass is 10.2. The Morgan fingerprint density at radius 1 is 1.57 bits per heavy atom. The first kappa shape index (κ1) is 8.49. The van der Waals surface area contributed by atoms with Gasteiger partial charge in [-0.15, -0.1) is 0 Å². The van der Waals surface area contributed by atoms with Gasteiger partial charge in [-0.1, -0.05) is 0 Å². The van der Waals surface area contributed by atoms with E-state index in [1.807, 2.05) is 0 Å². The minimum atomic E-state index is -1.04. The van der Waals surface area contributed by atoms with E-state index >= 15 is 0 Å². The summed E-state index contributed by atoms with van der Waals surface area (Å²) in [6.45, 7) is 1.66. The van der Waals surface area contributed by atoms with Crippen LogP contribution in [0.1, 0.15) is 16.1 Å². The largest absolute Gasteiger partial charge is 0.476 e. The third-order valence-corrected chi connectivity index (χ3v) is 1.94. The molecule has 0 saturated carbocycles. The lowest BCUT2D eigenvalue weighted by Gasteiger charge is -2.02. The van der Waals surface area contributed by atoms with Gasteiger partial charge in [-0.25, -0.2) is 14.3 Å². The first-order valence-corrected chi connectivity index (χ1v) is 3.93. The Hall–Kier alpha value is -2.11.